The highest BCUT2D eigenvalue weighted by Crippen LogP contribution is 2.31. The molecule has 0 aromatic heterocycles. The summed E-state index contributed by atoms with van der Waals surface area (Å²) in [4.78, 5) is 0. The van der Waals surface area contributed by atoms with Crippen molar-refractivity contribution in [3.63, 3.8) is 0 Å². The van der Waals surface area contributed by atoms with Crippen LogP contribution in [-0.2, 0) is 0 Å². The Bertz CT molecular complexity index is 617. The number of nitrogens with zero attached hydrogens (tertiary/aromatic N) is 1. The fourth-order valence-corrected chi connectivity index (χ4v) is 2.01. The van der Waals surface area contributed by atoms with Crippen LogP contribution in [0.5, 0.6) is 0 Å². The van der Waals surface area contributed by atoms with Gasteiger partial charge in [0, 0.05) is 15.6 Å². The molecule has 0 aliphatic heterocycles. The molecule has 2 aromatic rings. The number of hydrogen-bond donors (Lipinski definition) is 0. The smallest absolute Gasteiger partial charge is 0.141 e. The van der Waals surface area contributed by atoms with E-state index < -0.39 is 5.82 Å². The summed E-state index contributed by atoms with van der Waals surface area (Å²) in [6.45, 7) is 0. The quantitative estimate of drug-likeness (QED) is 0.735. The standard InChI is InChI=1S/C13H6Cl2FN/c14-10-3-4-11(12(15)6-10)8-1-2-9(7-17)13(16)5-8/h1-6H. The predicted molar refractivity (Wildman–Crippen MR) is 66.6 cm³/mol. The van der Waals surface area contributed by atoms with Crippen LogP contribution in [0.25, 0.3) is 11.1 Å². The van der Waals surface area contributed by atoms with Gasteiger partial charge in [-0.2, -0.15) is 5.26 Å². The summed E-state index contributed by atoms with van der Waals surface area (Å²) in [6.07, 6.45) is 0. The molecule has 0 aliphatic carbocycles. The summed E-state index contributed by atoms with van der Waals surface area (Å²) < 4.78 is 13.5. The van der Waals surface area contributed by atoms with Crippen molar-refractivity contribution in [1.29, 1.82) is 5.26 Å². The maximum absolute atomic E-state index is 13.5. The summed E-state index contributed by atoms with van der Waals surface area (Å²) in [6, 6.07) is 11.1. The van der Waals surface area contributed by atoms with Gasteiger partial charge in [0.2, 0.25) is 0 Å². The fourth-order valence-electron chi connectivity index (χ4n) is 1.50. The van der Waals surface area contributed by atoms with Gasteiger partial charge in [0.1, 0.15) is 11.9 Å². The molecule has 0 fully saturated rings. The first-order valence-electron chi connectivity index (χ1n) is 4.77. The van der Waals surface area contributed by atoms with Gasteiger partial charge in [0.05, 0.1) is 5.56 Å². The predicted octanol–water partition coefficient (Wildman–Crippen LogP) is 4.67. The zero-order chi connectivity index (χ0) is 12.4. The molecule has 0 heterocycles. The molecule has 4 heteroatoms. The van der Waals surface area contributed by atoms with Crippen LogP contribution >= 0.6 is 23.2 Å². The Morgan fingerprint density at radius 3 is 2.41 bits per heavy atom. The van der Waals surface area contributed by atoms with E-state index in [4.69, 9.17) is 28.5 Å². The van der Waals surface area contributed by atoms with Crippen molar-refractivity contribution >= 4 is 23.2 Å². The molecule has 0 saturated heterocycles. The summed E-state index contributed by atoms with van der Waals surface area (Å²) >= 11 is 11.8. The maximum atomic E-state index is 13.5. The molecule has 0 bridgehead atoms. The molecular formula is C13H6Cl2FN. The third kappa shape index (κ3) is 2.41. The van der Waals surface area contributed by atoms with E-state index in [-0.39, 0.29) is 5.56 Å². The lowest BCUT2D eigenvalue weighted by Gasteiger charge is -2.05. The third-order valence-corrected chi connectivity index (χ3v) is 2.88. The van der Waals surface area contributed by atoms with Crippen molar-refractivity contribution < 1.29 is 4.39 Å². The first-order valence-corrected chi connectivity index (χ1v) is 5.52. The Balaban J connectivity index is 2.54. The van der Waals surface area contributed by atoms with E-state index >= 15 is 0 Å². The second kappa shape index (κ2) is 4.75. The second-order valence-corrected chi connectivity index (χ2v) is 4.27. The van der Waals surface area contributed by atoms with Crippen molar-refractivity contribution in [3.05, 3.63) is 57.8 Å². The first-order chi connectivity index (χ1) is 8.11. The van der Waals surface area contributed by atoms with Gasteiger partial charge in [-0.15, -0.1) is 0 Å². The minimum absolute atomic E-state index is 0.0128. The SMILES string of the molecule is N#Cc1ccc(-c2ccc(Cl)cc2Cl)cc1F. The number of benzene rings is 2. The molecule has 0 atom stereocenters. The lowest BCUT2D eigenvalue weighted by atomic mass is 10.0. The van der Waals surface area contributed by atoms with Crippen LogP contribution in [0, 0.1) is 17.1 Å². The lowest BCUT2D eigenvalue weighted by molar-refractivity contribution is 0.624. The molecule has 17 heavy (non-hydrogen) atoms. The van der Waals surface area contributed by atoms with Crippen molar-refractivity contribution in [3.8, 4) is 17.2 Å². The summed E-state index contributed by atoms with van der Waals surface area (Å²) in [5.74, 6) is -0.559. The van der Waals surface area contributed by atoms with Crippen molar-refractivity contribution in [1.82, 2.24) is 0 Å². The highest BCUT2D eigenvalue weighted by atomic mass is 35.5. The van der Waals surface area contributed by atoms with Gasteiger partial charge in [-0.25, -0.2) is 4.39 Å². The van der Waals surface area contributed by atoms with E-state index in [0.29, 0.717) is 21.2 Å². The molecule has 84 valence electrons. The first kappa shape index (κ1) is 11.9. The normalized spacial score (nSPS) is 10.0. The van der Waals surface area contributed by atoms with Crippen LogP contribution in [0.15, 0.2) is 36.4 Å². The van der Waals surface area contributed by atoms with Crippen LogP contribution < -0.4 is 0 Å². The van der Waals surface area contributed by atoms with E-state index in [1.807, 2.05) is 0 Å². The molecule has 2 rings (SSSR count). The minimum atomic E-state index is -0.559. The maximum Gasteiger partial charge on any atom is 0.141 e. The zero-order valence-corrected chi connectivity index (χ0v) is 10.1. The van der Waals surface area contributed by atoms with Crippen LogP contribution in [0.1, 0.15) is 5.56 Å². The Labute approximate surface area is 108 Å². The van der Waals surface area contributed by atoms with Crippen molar-refractivity contribution in [2.75, 3.05) is 0 Å². The van der Waals surface area contributed by atoms with E-state index in [0.717, 1.165) is 0 Å². The summed E-state index contributed by atoms with van der Waals surface area (Å²) in [7, 11) is 0. The van der Waals surface area contributed by atoms with E-state index in [2.05, 4.69) is 0 Å². The third-order valence-electron chi connectivity index (χ3n) is 2.33. The molecule has 0 aliphatic rings. The average Bonchev–Trinajstić information content (AvgIpc) is 2.29. The van der Waals surface area contributed by atoms with E-state index in [9.17, 15) is 4.39 Å². The number of hydrogen-bond acceptors (Lipinski definition) is 1. The van der Waals surface area contributed by atoms with Crippen LogP contribution in [0.4, 0.5) is 4.39 Å². The van der Waals surface area contributed by atoms with E-state index in [1.54, 1.807) is 30.3 Å². The average molecular weight is 266 g/mol. The fraction of sp³-hybridized carbons (Fsp3) is 0. The summed E-state index contributed by atoms with van der Waals surface area (Å²) in [5.41, 5.74) is 1.31. The largest absolute Gasteiger partial charge is 0.206 e. The van der Waals surface area contributed by atoms with Crippen molar-refractivity contribution in [2.24, 2.45) is 0 Å². The number of halogens is 3. The highest BCUT2D eigenvalue weighted by Gasteiger charge is 2.07. The summed E-state index contributed by atoms with van der Waals surface area (Å²) in [5, 5.41) is 9.60. The minimum Gasteiger partial charge on any atom is -0.206 e. The zero-order valence-electron chi connectivity index (χ0n) is 8.55. The van der Waals surface area contributed by atoms with Crippen molar-refractivity contribution in [2.45, 2.75) is 0 Å². The van der Waals surface area contributed by atoms with Gasteiger partial charge in [0.15, 0.2) is 0 Å². The van der Waals surface area contributed by atoms with Gasteiger partial charge in [0.25, 0.3) is 0 Å². The topological polar surface area (TPSA) is 23.8 Å². The van der Waals surface area contributed by atoms with Gasteiger partial charge < -0.3 is 0 Å². The molecular weight excluding hydrogens is 260 g/mol. The van der Waals surface area contributed by atoms with Crippen LogP contribution in [0.3, 0.4) is 0 Å². The molecule has 0 unspecified atom stereocenters. The number of nitriles is 1. The van der Waals surface area contributed by atoms with Gasteiger partial charge in [-0.3, -0.25) is 0 Å². The Hall–Kier alpha value is -1.56. The Kier molecular flexibility index (Phi) is 3.33. The monoisotopic (exact) mass is 265 g/mol. The van der Waals surface area contributed by atoms with Gasteiger partial charge in [-0.05, 0) is 29.8 Å². The van der Waals surface area contributed by atoms with Crippen LogP contribution in [0.2, 0.25) is 10.0 Å². The highest BCUT2D eigenvalue weighted by molar-refractivity contribution is 6.36. The number of rotatable bonds is 1. The molecule has 0 amide bonds. The lowest BCUT2D eigenvalue weighted by Crippen LogP contribution is -1.86. The molecule has 1 nitrogen and oxygen atoms in total. The Morgan fingerprint density at radius 1 is 1.06 bits per heavy atom. The van der Waals surface area contributed by atoms with Crippen LogP contribution in [-0.4, -0.2) is 0 Å². The molecule has 2 aromatic carbocycles. The van der Waals surface area contributed by atoms with Gasteiger partial charge >= 0.3 is 0 Å². The van der Waals surface area contributed by atoms with E-state index in [1.165, 1.54) is 12.1 Å². The molecule has 0 radical (unpaired) electrons. The van der Waals surface area contributed by atoms with Gasteiger partial charge in [-0.1, -0.05) is 35.3 Å². The molecule has 0 N–H and O–H groups in total. The Morgan fingerprint density at radius 2 is 1.82 bits per heavy atom. The molecule has 0 saturated carbocycles. The molecule has 0 spiro atoms. The second-order valence-electron chi connectivity index (χ2n) is 3.43.